The number of hydrogen-bond acceptors (Lipinski definition) is 3. The Hall–Kier alpha value is -2.89. The fourth-order valence-corrected chi connectivity index (χ4v) is 6.21. The number of hydrogen-bond donors (Lipinski definition) is 0. The molecule has 1 amide bonds. The summed E-state index contributed by atoms with van der Waals surface area (Å²) in [5, 5.41) is 4.83. The van der Waals surface area contributed by atoms with Crippen molar-refractivity contribution in [3.8, 4) is 0 Å². The Balaban J connectivity index is 1.49. The molecule has 0 unspecified atom stereocenters. The second-order valence-corrected chi connectivity index (χ2v) is 10.1. The van der Waals surface area contributed by atoms with E-state index in [-0.39, 0.29) is 17.5 Å². The van der Waals surface area contributed by atoms with Crippen molar-refractivity contribution < 1.29 is 4.79 Å². The number of nitrogens with zero attached hydrogens (tertiary/aromatic N) is 4. The Kier molecular flexibility index (Phi) is 5.31. The topological polar surface area (TPSA) is 59.6 Å². The molecular weight excluding hydrogens is 412 g/mol. The van der Waals surface area contributed by atoms with Crippen LogP contribution >= 0.6 is 0 Å². The van der Waals surface area contributed by atoms with Gasteiger partial charge in [-0.25, -0.2) is 0 Å². The fourth-order valence-electron chi connectivity index (χ4n) is 6.21. The monoisotopic (exact) mass is 444 g/mol. The van der Waals surface area contributed by atoms with Gasteiger partial charge >= 0.3 is 0 Å². The van der Waals surface area contributed by atoms with Crippen LogP contribution in [-0.2, 0) is 13.1 Å². The minimum atomic E-state index is -0.113. The van der Waals surface area contributed by atoms with Gasteiger partial charge in [-0.05, 0) is 31.2 Å². The molecule has 2 fully saturated rings. The highest BCUT2D eigenvalue weighted by atomic mass is 16.2. The maximum Gasteiger partial charge on any atom is 0.280 e. The van der Waals surface area contributed by atoms with Crippen LogP contribution in [0.2, 0.25) is 0 Å². The highest BCUT2D eigenvalue weighted by Crippen LogP contribution is 2.34. The van der Waals surface area contributed by atoms with Gasteiger partial charge in [0, 0.05) is 24.6 Å². The average Bonchev–Trinajstić information content (AvgIpc) is 3.46. The molecule has 2 saturated carbocycles. The van der Waals surface area contributed by atoms with E-state index in [2.05, 4.69) is 22.8 Å². The first-order chi connectivity index (χ1) is 16.2. The Labute approximate surface area is 194 Å². The quantitative estimate of drug-likeness (QED) is 0.576. The molecule has 0 N–H and O–H groups in total. The van der Waals surface area contributed by atoms with E-state index in [0.717, 1.165) is 55.4 Å². The van der Waals surface area contributed by atoms with Gasteiger partial charge in [-0.3, -0.25) is 9.59 Å². The first-order valence-electron chi connectivity index (χ1n) is 12.7. The predicted octanol–water partition coefficient (Wildman–Crippen LogP) is 4.88. The third kappa shape index (κ3) is 3.60. The molecule has 0 bridgehead atoms. The maximum absolute atomic E-state index is 13.7. The van der Waals surface area contributed by atoms with Crippen molar-refractivity contribution in [2.24, 2.45) is 0 Å². The van der Waals surface area contributed by atoms with Crippen molar-refractivity contribution in [2.75, 3.05) is 0 Å². The maximum atomic E-state index is 13.7. The number of fused-ring (bicyclic) bond motifs is 2. The predicted molar refractivity (Wildman–Crippen MR) is 128 cm³/mol. The molecule has 6 heteroatoms. The smallest absolute Gasteiger partial charge is 0.280 e. The number of amides is 1. The molecule has 0 atom stereocenters. The zero-order chi connectivity index (χ0) is 22.4. The van der Waals surface area contributed by atoms with Crippen molar-refractivity contribution in [3.63, 3.8) is 0 Å². The molecule has 3 aliphatic rings. The van der Waals surface area contributed by atoms with Gasteiger partial charge in [0.1, 0.15) is 11.3 Å². The Bertz CT molecular complexity index is 1230. The van der Waals surface area contributed by atoms with E-state index in [0.29, 0.717) is 30.3 Å². The standard InChI is InChI=1S/C27H32N4O2/c32-26-22-18-29(21-14-8-3-9-15-21)27(33)25(22)30(17-19-10-4-1-5-11-19)24-16-23(28-31(24)26)20-12-6-2-7-13-20/h1,4-5,10-11,16,20-21H,2-3,6-9,12-15,17-18H2. The van der Waals surface area contributed by atoms with Crippen molar-refractivity contribution in [3.05, 3.63) is 69.3 Å². The average molecular weight is 445 g/mol. The fraction of sp³-hybridized carbons (Fsp3) is 0.519. The lowest BCUT2D eigenvalue weighted by atomic mass is 9.87. The van der Waals surface area contributed by atoms with E-state index < -0.39 is 0 Å². The van der Waals surface area contributed by atoms with E-state index in [1.165, 1.54) is 25.7 Å². The van der Waals surface area contributed by atoms with Crippen LogP contribution in [-0.4, -0.2) is 31.0 Å². The summed E-state index contributed by atoms with van der Waals surface area (Å²) in [6, 6.07) is 12.5. The van der Waals surface area contributed by atoms with Gasteiger partial charge in [0.25, 0.3) is 11.5 Å². The molecule has 2 aromatic heterocycles. The number of carbonyl (C=O) groups is 1. The summed E-state index contributed by atoms with van der Waals surface area (Å²) in [5.74, 6) is 0.431. The summed E-state index contributed by atoms with van der Waals surface area (Å²) in [7, 11) is 0. The van der Waals surface area contributed by atoms with E-state index >= 15 is 0 Å². The van der Waals surface area contributed by atoms with Crippen LogP contribution in [0.25, 0.3) is 5.65 Å². The largest absolute Gasteiger partial charge is 0.330 e. The van der Waals surface area contributed by atoms with Crippen molar-refractivity contribution in [2.45, 2.75) is 89.3 Å². The summed E-state index contributed by atoms with van der Waals surface area (Å²) < 4.78 is 3.65. The molecular formula is C27H32N4O2. The van der Waals surface area contributed by atoms with Crippen LogP contribution in [0.4, 0.5) is 0 Å². The molecule has 6 nitrogen and oxygen atoms in total. The molecule has 6 rings (SSSR count). The number of aromatic nitrogens is 3. The van der Waals surface area contributed by atoms with Gasteiger partial charge in [-0.2, -0.15) is 9.61 Å². The zero-order valence-corrected chi connectivity index (χ0v) is 19.2. The van der Waals surface area contributed by atoms with Crippen LogP contribution in [0.1, 0.15) is 97.4 Å². The number of carbonyl (C=O) groups excluding carboxylic acids is 1. The molecule has 2 aliphatic carbocycles. The molecule has 33 heavy (non-hydrogen) atoms. The van der Waals surface area contributed by atoms with Gasteiger partial charge in [0.15, 0.2) is 0 Å². The number of rotatable bonds is 4. The Morgan fingerprint density at radius 3 is 2.30 bits per heavy atom. The highest BCUT2D eigenvalue weighted by molar-refractivity contribution is 5.97. The highest BCUT2D eigenvalue weighted by Gasteiger charge is 2.38. The lowest BCUT2D eigenvalue weighted by molar-refractivity contribution is 0.0652. The van der Waals surface area contributed by atoms with Crippen LogP contribution in [0.15, 0.2) is 41.2 Å². The van der Waals surface area contributed by atoms with E-state index in [1.807, 2.05) is 23.1 Å². The van der Waals surface area contributed by atoms with Crippen molar-refractivity contribution in [1.82, 2.24) is 19.1 Å². The van der Waals surface area contributed by atoms with Gasteiger partial charge in [-0.1, -0.05) is 68.9 Å². The molecule has 3 heterocycles. The second-order valence-electron chi connectivity index (χ2n) is 10.1. The minimum Gasteiger partial charge on any atom is -0.330 e. The van der Waals surface area contributed by atoms with Crippen LogP contribution in [0.5, 0.6) is 0 Å². The van der Waals surface area contributed by atoms with Crippen molar-refractivity contribution >= 4 is 11.6 Å². The number of benzene rings is 1. The first-order valence-corrected chi connectivity index (χ1v) is 12.7. The third-order valence-electron chi connectivity index (χ3n) is 8.01. The second kappa shape index (κ2) is 8.47. The lowest BCUT2D eigenvalue weighted by Crippen LogP contribution is -2.37. The van der Waals surface area contributed by atoms with E-state index in [1.54, 1.807) is 4.52 Å². The molecule has 1 aliphatic heterocycles. The summed E-state index contributed by atoms with van der Waals surface area (Å²) in [5.41, 5.74) is 3.97. The van der Waals surface area contributed by atoms with Gasteiger partial charge in [-0.15, -0.1) is 0 Å². The third-order valence-corrected chi connectivity index (χ3v) is 8.01. The molecule has 1 aromatic carbocycles. The summed E-state index contributed by atoms with van der Waals surface area (Å²) in [4.78, 5) is 29.3. The van der Waals surface area contributed by atoms with Crippen molar-refractivity contribution in [1.29, 1.82) is 0 Å². The summed E-state index contributed by atoms with van der Waals surface area (Å²) in [6.45, 7) is 0.980. The molecule has 0 spiro atoms. The van der Waals surface area contributed by atoms with Crippen LogP contribution in [0, 0.1) is 0 Å². The molecule has 0 saturated heterocycles. The van der Waals surface area contributed by atoms with Crippen LogP contribution < -0.4 is 5.56 Å². The SMILES string of the molecule is O=C1c2c(c(=O)n3nc(C4CCCCC4)cc3n2Cc2ccccc2)CN1C1CCCCC1. The molecule has 0 radical (unpaired) electrons. The minimum absolute atomic E-state index is 0.0212. The zero-order valence-electron chi connectivity index (χ0n) is 19.2. The van der Waals surface area contributed by atoms with Gasteiger partial charge in [0.05, 0.1) is 17.8 Å². The Morgan fingerprint density at radius 2 is 1.58 bits per heavy atom. The van der Waals surface area contributed by atoms with E-state index in [9.17, 15) is 9.59 Å². The lowest BCUT2D eigenvalue weighted by Gasteiger charge is -2.30. The Morgan fingerprint density at radius 1 is 0.879 bits per heavy atom. The molecule has 3 aromatic rings. The van der Waals surface area contributed by atoms with Crippen LogP contribution in [0.3, 0.4) is 0 Å². The first kappa shape index (κ1) is 20.7. The summed E-state index contributed by atoms with van der Waals surface area (Å²) in [6.07, 6.45) is 11.6. The molecule has 172 valence electrons. The van der Waals surface area contributed by atoms with E-state index in [4.69, 9.17) is 5.10 Å². The normalized spacial score (nSPS) is 20.0. The van der Waals surface area contributed by atoms with Gasteiger partial charge < -0.3 is 9.47 Å². The summed E-state index contributed by atoms with van der Waals surface area (Å²) >= 11 is 0. The van der Waals surface area contributed by atoms with Gasteiger partial charge in [0.2, 0.25) is 0 Å².